The minimum atomic E-state index is -0.541. The maximum atomic E-state index is 12.0. The Morgan fingerprint density at radius 2 is 1.78 bits per heavy atom. The molecule has 1 aliphatic heterocycles. The maximum absolute atomic E-state index is 12.0. The van der Waals surface area contributed by atoms with E-state index in [0.29, 0.717) is 6.54 Å². The van der Waals surface area contributed by atoms with E-state index >= 15 is 0 Å². The van der Waals surface area contributed by atoms with Crippen LogP contribution in [0.3, 0.4) is 0 Å². The molecule has 1 saturated heterocycles. The first-order chi connectivity index (χ1) is 22.0. The highest BCUT2D eigenvalue weighted by molar-refractivity contribution is 5.70. The molecule has 45 heavy (non-hydrogen) atoms. The lowest BCUT2D eigenvalue weighted by molar-refractivity contribution is -0.252. The van der Waals surface area contributed by atoms with Gasteiger partial charge in [-0.25, -0.2) is 4.79 Å². The number of nitrogens with one attached hydrogen (secondary N) is 1. The van der Waals surface area contributed by atoms with Crippen molar-refractivity contribution in [3.8, 4) is 11.1 Å². The highest BCUT2D eigenvalue weighted by Crippen LogP contribution is 2.38. The van der Waals surface area contributed by atoms with Gasteiger partial charge >= 0.3 is 6.09 Å². The van der Waals surface area contributed by atoms with Gasteiger partial charge in [0.2, 0.25) is 0 Å². The summed E-state index contributed by atoms with van der Waals surface area (Å²) in [6, 6.07) is 30.1. The van der Waals surface area contributed by atoms with Crippen LogP contribution in [-0.2, 0) is 33.8 Å². The van der Waals surface area contributed by atoms with Crippen molar-refractivity contribution in [2.45, 2.75) is 44.5 Å². The number of hydrogen-bond donors (Lipinski definition) is 2. The average molecular weight is 608 g/mol. The monoisotopic (exact) mass is 607 g/mol. The van der Waals surface area contributed by atoms with E-state index < -0.39 is 12.4 Å². The number of nitrogens with zero attached hydrogens (tertiary/aromatic N) is 2. The van der Waals surface area contributed by atoms with E-state index in [9.17, 15) is 9.90 Å². The van der Waals surface area contributed by atoms with Crippen molar-refractivity contribution < 1.29 is 24.1 Å². The molecule has 3 atom stereocenters. The summed E-state index contributed by atoms with van der Waals surface area (Å²) < 4.78 is 18.2. The molecule has 2 heterocycles. The molecule has 1 aromatic heterocycles. The predicted octanol–water partition coefficient (Wildman–Crippen LogP) is 6.37. The zero-order valence-corrected chi connectivity index (χ0v) is 25.7. The molecule has 8 nitrogen and oxygen atoms in total. The summed E-state index contributed by atoms with van der Waals surface area (Å²) in [6.45, 7) is 5.71. The number of ether oxygens (including phenoxy) is 3. The molecule has 3 unspecified atom stereocenters. The fraction of sp³-hybridized carbons (Fsp3) is 0.297. The average Bonchev–Trinajstić information content (AvgIpc) is 3.09. The molecule has 1 amide bonds. The van der Waals surface area contributed by atoms with Gasteiger partial charge in [-0.1, -0.05) is 91.5 Å². The first kappa shape index (κ1) is 32.1. The summed E-state index contributed by atoms with van der Waals surface area (Å²) in [5.74, 6) is 0. The van der Waals surface area contributed by atoms with Gasteiger partial charge in [-0.3, -0.25) is 4.98 Å². The summed E-state index contributed by atoms with van der Waals surface area (Å²) >= 11 is 0. The smallest absolute Gasteiger partial charge is 0.407 e. The molecule has 5 rings (SSSR count). The third-order valence-electron chi connectivity index (χ3n) is 7.87. The van der Waals surface area contributed by atoms with Gasteiger partial charge in [0.15, 0.2) is 6.29 Å². The molecule has 2 N–H and O–H groups in total. The van der Waals surface area contributed by atoms with E-state index in [1.807, 2.05) is 79.0 Å². The number of aliphatic hydroxyl groups is 1. The number of amides is 1. The first-order valence-corrected chi connectivity index (χ1v) is 15.3. The topological polar surface area (TPSA) is 93.2 Å². The molecular weight excluding hydrogens is 566 g/mol. The van der Waals surface area contributed by atoms with Crippen molar-refractivity contribution in [1.82, 2.24) is 15.2 Å². The molecule has 0 saturated carbocycles. The van der Waals surface area contributed by atoms with Gasteiger partial charge in [0.05, 0.1) is 18.8 Å². The van der Waals surface area contributed by atoms with Crippen molar-refractivity contribution in [1.29, 1.82) is 0 Å². The maximum Gasteiger partial charge on any atom is 0.407 e. The Hall–Kier alpha value is -4.34. The van der Waals surface area contributed by atoms with Gasteiger partial charge in [0, 0.05) is 49.9 Å². The van der Waals surface area contributed by atoms with Crippen LogP contribution in [0, 0.1) is 0 Å². The van der Waals surface area contributed by atoms with Crippen LogP contribution in [0.4, 0.5) is 4.79 Å². The zero-order valence-electron chi connectivity index (χ0n) is 25.7. The molecule has 1 fully saturated rings. The predicted molar refractivity (Wildman–Crippen MR) is 174 cm³/mol. The highest BCUT2D eigenvalue weighted by atomic mass is 16.7. The van der Waals surface area contributed by atoms with Crippen LogP contribution in [-0.4, -0.2) is 53.9 Å². The van der Waals surface area contributed by atoms with Crippen LogP contribution < -0.4 is 5.32 Å². The highest BCUT2D eigenvalue weighted by Gasteiger charge is 2.32. The number of aromatic nitrogens is 1. The van der Waals surface area contributed by atoms with Gasteiger partial charge in [-0.05, 0) is 47.0 Å². The Labute approximate surface area is 265 Å². The fourth-order valence-corrected chi connectivity index (χ4v) is 5.45. The van der Waals surface area contributed by atoms with Gasteiger partial charge in [0.25, 0.3) is 0 Å². The van der Waals surface area contributed by atoms with Crippen LogP contribution in [0.2, 0.25) is 0 Å². The van der Waals surface area contributed by atoms with Crippen LogP contribution in [0.1, 0.15) is 46.8 Å². The van der Waals surface area contributed by atoms with E-state index in [1.165, 1.54) is 6.08 Å². The number of aliphatic hydroxyl groups excluding tert-OH is 1. The van der Waals surface area contributed by atoms with Crippen molar-refractivity contribution in [3.05, 3.63) is 138 Å². The lowest BCUT2D eigenvalue weighted by atomic mass is 9.97. The summed E-state index contributed by atoms with van der Waals surface area (Å²) in [6.07, 6.45) is 3.72. The van der Waals surface area contributed by atoms with E-state index in [4.69, 9.17) is 14.2 Å². The zero-order chi connectivity index (χ0) is 31.4. The molecule has 0 radical (unpaired) electrons. The largest absolute Gasteiger partial charge is 0.445 e. The number of pyridine rings is 1. The minimum absolute atomic E-state index is 0.00612. The number of alkyl carbamates (subject to hydrolysis) is 1. The van der Waals surface area contributed by atoms with Crippen LogP contribution in [0.15, 0.2) is 110 Å². The van der Waals surface area contributed by atoms with Gasteiger partial charge in [0.1, 0.15) is 6.61 Å². The van der Waals surface area contributed by atoms with E-state index in [-0.39, 0.29) is 25.4 Å². The third-order valence-corrected chi connectivity index (χ3v) is 7.87. The first-order valence-electron chi connectivity index (χ1n) is 15.3. The Morgan fingerprint density at radius 3 is 2.51 bits per heavy atom. The number of carbonyl (C=O) groups is 1. The second kappa shape index (κ2) is 16.1. The van der Waals surface area contributed by atoms with Crippen molar-refractivity contribution >= 4 is 6.09 Å². The van der Waals surface area contributed by atoms with Crippen LogP contribution >= 0.6 is 0 Å². The lowest BCUT2D eigenvalue weighted by Gasteiger charge is -2.38. The normalized spacial score (nSPS) is 18.0. The quantitative estimate of drug-likeness (QED) is 0.171. The molecule has 8 heteroatoms. The summed E-state index contributed by atoms with van der Waals surface area (Å²) in [5, 5.41) is 12.3. The van der Waals surface area contributed by atoms with Crippen molar-refractivity contribution in [2.24, 2.45) is 0 Å². The van der Waals surface area contributed by atoms with E-state index in [0.717, 1.165) is 65.0 Å². The number of hydrogen-bond acceptors (Lipinski definition) is 7. The third kappa shape index (κ3) is 9.09. The molecule has 234 valence electrons. The number of rotatable bonds is 13. The second-order valence-electron chi connectivity index (χ2n) is 11.2. The standard InChI is InChI=1S/C37H41N3O5/c1-3-22-43-37(42)39-24-31-8-4-5-10-34(31)28-15-17-30(18-16-28)36-44-33(25-40(2)21-19-32-9-6-7-20-38-32)23-35(45-36)29-13-11-27(26-41)12-14-29/h3-18,20,33,35-36,41H,1,19,21-26H2,2H3,(H,39,42). The second-order valence-corrected chi connectivity index (χ2v) is 11.2. The summed E-state index contributed by atoms with van der Waals surface area (Å²) in [5.41, 5.74) is 6.95. The Kier molecular flexibility index (Phi) is 11.5. The van der Waals surface area contributed by atoms with Crippen LogP contribution in [0.25, 0.3) is 11.1 Å². The molecule has 4 aromatic rings. The lowest BCUT2D eigenvalue weighted by Crippen LogP contribution is -2.38. The Bertz CT molecular complexity index is 1510. The number of likely N-dealkylation sites (N-methyl/N-ethyl adjacent to an activating group) is 1. The molecule has 3 aromatic carbocycles. The molecular formula is C37H41N3O5. The molecule has 1 aliphatic rings. The fourth-order valence-electron chi connectivity index (χ4n) is 5.45. The number of benzene rings is 3. The molecule has 0 bridgehead atoms. The molecule has 0 aliphatic carbocycles. The van der Waals surface area contributed by atoms with Gasteiger partial charge in [-0.2, -0.15) is 0 Å². The Morgan fingerprint density at radius 1 is 1.02 bits per heavy atom. The van der Waals surface area contributed by atoms with Crippen molar-refractivity contribution in [2.75, 3.05) is 26.7 Å². The van der Waals surface area contributed by atoms with E-state index in [1.54, 1.807) is 0 Å². The summed E-state index contributed by atoms with van der Waals surface area (Å²) in [7, 11) is 2.11. The van der Waals surface area contributed by atoms with Crippen LogP contribution in [0.5, 0.6) is 0 Å². The van der Waals surface area contributed by atoms with Gasteiger partial charge in [-0.15, -0.1) is 0 Å². The van der Waals surface area contributed by atoms with Gasteiger partial charge < -0.3 is 29.5 Å². The summed E-state index contributed by atoms with van der Waals surface area (Å²) in [4.78, 5) is 18.7. The minimum Gasteiger partial charge on any atom is -0.445 e. The molecule has 0 spiro atoms. The number of carbonyl (C=O) groups excluding carboxylic acids is 1. The van der Waals surface area contributed by atoms with E-state index in [2.05, 4.69) is 47.0 Å². The van der Waals surface area contributed by atoms with Crippen molar-refractivity contribution in [3.63, 3.8) is 0 Å². The Balaban J connectivity index is 1.30. The SMILES string of the molecule is C=CCOC(=O)NCc1ccccc1-c1ccc(C2OC(CN(C)CCc3ccccn3)CC(c3ccc(CO)cc3)O2)cc1.